The summed E-state index contributed by atoms with van der Waals surface area (Å²) in [6.07, 6.45) is 0. The summed E-state index contributed by atoms with van der Waals surface area (Å²) in [5.74, 6) is -0.928. The van der Waals surface area contributed by atoms with Crippen LogP contribution in [0, 0.1) is 0 Å². The second kappa shape index (κ2) is 6.57. The quantitative estimate of drug-likeness (QED) is 0.586. The van der Waals surface area contributed by atoms with Crippen LogP contribution in [0.15, 0.2) is 83.7 Å². The Bertz CT molecular complexity index is 1200. The number of benzene rings is 3. The van der Waals surface area contributed by atoms with Gasteiger partial charge < -0.3 is 9.67 Å². The van der Waals surface area contributed by atoms with Gasteiger partial charge in [0.05, 0.1) is 11.1 Å². The molecule has 1 aromatic heterocycles. The zero-order valence-corrected chi connectivity index (χ0v) is 14.7. The van der Waals surface area contributed by atoms with Gasteiger partial charge in [-0.2, -0.15) is 0 Å². The highest BCUT2D eigenvalue weighted by atomic mass is 16.4. The Labute approximate surface area is 156 Å². The lowest BCUT2D eigenvalue weighted by Crippen LogP contribution is -2.14. The number of aromatic nitrogens is 1. The van der Waals surface area contributed by atoms with E-state index in [1.54, 1.807) is 29.8 Å². The molecule has 0 aliphatic carbocycles. The molecule has 4 nitrogen and oxygen atoms in total. The van der Waals surface area contributed by atoms with Crippen LogP contribution in [-0.2, 0) is 7.05 Å². The Morgan fingerprint density at radius 1 is 0.741 bits per heavy atom. The minimum Gasteiger partial charge on any atom is -0.478 e. The lowest BCUT2D eigenvalue weighted by Gasteiger charge is -2.09. The van der Waals surface area contributed by atoms with Gasteiger partial charge >= 0.3 is 5.97 Å². The normalized spacial score (nSPS) is 10.9. The first kappa shape index (κ1) is 16.8. The highest BCUT2D eigenvalue weighted by molar-refractivity contribution is 5.88. The molecule has 132 valence electrons. The third-order valence-corrected chi connectivity index (χ3v) is 4.81. The Morgan fingerprint density at radius 2 is 1.22 bits per heavy atom. The summed E-state index contributed by atoms with van der Waals surface area (Å²) < 4.78 is 1.65. The molecule has 0 unspecified atom stereocenters. The number of nitrogens with zero attached hydrogens (tertiary/aromatic N) is 1. The topological polar surface area (TPSA) is 59.3 Å². The molecule has 4 rings (SSSR count). The number of pyridine rings is 1. The first-order chi connectivity index (χ1) is 13.0. The largest absolute Gasteiger partial charge is 0.478 e. The molecule has 0 aliphatic heterocycles. The van der Waals surface area contributed by atoms with Crippen LogP contribution >= 0.6 is 0 Å². The summed E-state index contributed by atoms with van der Waals surface area (Å²) >= 11 is 0. The maximum Gasteiger partial charge on any atom is 0.335 e. The molecule has 0 aliphatic rings. The molecular weight excluding hydrogens is 338 g/mol. The number of fused-ring (bicyclic) bond motifs is 1. The number of carboxylic acids is 1. The fraction of sp³-hybridized carbons (Fsp3) is 0.0435. The number of aryl methyl sites for hydroxylation is 1. The van der Waals surface area contributed by atoms with E-state index >= 15 is 0 Å². The number of aromatic carboxylic acids is 1. The van der Waals surface area contributed by atoms with Crippen LogP contribution in [-0.4, -0.2) is 15.6 Å². The fourth-order valence-corrected chi connectivity index (χ4v) is 3.21. The summed E-state index contributed by atoms with van der Waals surface area (Å²) in [7, 11) is 1.78. The molecule has 4 heteroatoms. The van der Waals surface area contributed by atoms with Crippen LogP contribution in [0.25, 0.3) is 33.2 Å². The van der Waals surface area contributed by atoms with E-state index < -0.39 is 5.97 Å². The number of carbonyl (C=O) groups is 1. The van der Waals surface area contributed by atoms with Crippen molar-refractivity contribution in [3.05, 3.63) is 94.8 Å². The minimum atomic E-state index is -0.928. The Balaban J connectivity index is 1.69. The predicted octanol–water partition coefficient (Wildman–Crippen LogP) is 4.57. The van der Waals surface area contributed by atoms with Crippen LogP contribution in [0.2, 0.25) is 0 Å². The summed E-state index contributed by atoms with van der Waals surface area (Å²) in [5, 5.41) is 10.0. The first-order valence-corrected chi connectivity index (χ1v) is 8.57. The summed E-state index contributed by atoms with van der Waals surface area (Å²) in [6, 6.07) is 24.4. The van der Waals surface area contributed by atoms with Crippen molar-refractivity contribution in [1.29, 1.82) is 0 Å². The van der Waals surface area contributed by atoms with Gasteiger partial charge in [-0.25, -0.2) is 4.79 Å². The standard InChI is InChI=1S/C23H17NO3/c1-24-21-14-20(11-8-18(21)12-13-22(24)25)17-4-2-15(3-5-17)16-6-9-19(10-7-16)23(26)27/h2-14H,1H3,(H,26,27). The van der Waals surface area contributed by atoms with Crippen LogP contribution in [0.5, 0.6) is 0 Å². The monoisotopic (exact) mass is 355 g/mol. The summed E-state index contributed by atoms with van der Waals surface area (Å²) in [4.78, 5) is 22.8. The summed E-state index contributed by atoms with van der Waals surface area (Å²) in [6.45, 7) is 0. The average Bonchev–Trinajstić information content (AvgIpc) is 2.71. The number of hydrogen-bond donors (Lipinski definition) is 1. The van der Waals surface area contributed by atoms with Crippen molar-refractivity contribution in [3.63, 3.8) is 0 Å². The molecule has 1 N–H and O–H groups in total. The molecule has 3 aromatic carbocycles. The molecule has 0 fully saturated rings. The molecule has 0 atom stereocenters. The van der Waals surface area contributed by atoms with E-state index in [0.29, 0.717) is 0 Å². The summed E-state index contributed by atoms with van der Waals surface area (Å²) in [5.41, 5.74) is 5.22. The van der Waals surface area contributed by atoms with Crippen LogP contribution < -0.4 is 5.56 Å². The lowest BCUT2D eigenvalue weighted by molar-refractivity contribution is 0.0697. The maximum absolute atomic E-state index is 11.9. The Kier molecular flexibility index (Phi) is 4.09. The van der Waals surface area contributed by atoms with E-state index in [-0.39, 0.29) is 11.1 Å². The first-order valence-electron chi connectivity index (χ1n) is 8.57. The molecule has 0 bridgehead atoms. The van der Waals surface area contributed by atoms with Gasteiger partial charge in [-0.05, 0) is 51.9 Å². The molecular formula is C23H17NO3. The third kappa shape index (κ3) is 3.13. The van der Waals surface area contributed by atoms with Crippen LogP contribution in [0.4, 0.5) is 0 Å². The van der Waals surface area contributed by atoms with Crippen molar-refractivity contribution in [1.82, 2.24) is 4.57 Å². The Morgan fingerprint density at radius 3 is 1.81 bits per heavy atom. The number of rotatable bonds is 3. The van der Waals surface area contributed by atoms with Crippen molar-refractivity contribution in [3.8, 4) is 22.3 Å². The highest BCUT2D eigenvalue weighted by Gasteiger charge is 2.06. The second-order valence-electron chi connectivity index (χ2n) is 6.46. The maximum atomic E-state index is 11.9. The lowest BCUT2D eigenvalue weighted by atomic mass is 9.99. The minimum absolute atomic E-state index is 0.0280. The SMILES string of the molecule is Cn1c(=O)ccc2ccc(-c3ccc(-c4ccc(C(=O)O)cc4)cc3)cc21. The molecule has 0 spiro atoms. The van der Waals surface area contributed by atoms with E-state index in [1.165, 1.54) is 0 Å². The van der Waals surface area contributed by atoms with E-state index in [4.69, 9.17) is 5.11 Å². The van der Waals surface area contributed by atoms with Gasteiger partial charge in [0.25, 0.3) is 5.56 Å². The van der Waals surface area contributed by atoms with Crippen LogP contribution in [0.1, 0.15) is 10.4 Å². The van der Waals surface area contributed by atoms with Gasteiger partial charge in [0.1, 0.15) is 0 Å². The van der Waals surface area contributed by atoms with E-state index in [2.05, 4.69) is 0 Å². The number of hydrogen-bond acceptors (Lipinski definition) is 2. The zero-order chi connectivity index (χ0) is 19.0. The smallest absolute Gasteiger partial charge is 0.335 e. The predicted molar refractivity (Wildman–Crippen MR) is 107 cm³/mol. The Hall–Kier alpha value is -3.66. The zero-order valence-electron chi connectivity index (χ0n) is 14.7. The second-order valence-corrected chi connectivity index (χ2v) is 6.46. The van der Waals surface area contributed by atoms with Gasteiger partial charge in [-0.1, -0.05) is 48.5 Å². The van der Waals surface area contributed by atoms with Crippen LogP contribution in [0.3, 0.4) is 0 Å². The van der Waals surface area contributed by atoms with E-state index in [1.807, 2.05) is 60.7 Å². The molecule has 27 heavy (non-hydrogen) atoms. The van der Waals surface area contributed by atoms with Gasteiger partial charge in [0, 0.05) is 13.1 Å². The molecule has 0 saturated carbocycles. The van der Waals surface area contributed by atoms with E-state index in [9.17, 15) is 9.59 Å². The van der Waals surface area contributed by atoms with Crippen molar-refractivity contribution >= 4 is 16.9 Å². The molecule has 0 radical (unpaired) electrons. The van der Waals surface area contributed by atoms with Crippen molar-refractivity contribution < 1.29 is 9.90 Å². The van der Waals surface area contributed by atoms with Gasteiger partial charge in [-0.15, -0.1) is 0 Å². The van der Waals surface area contributed by atoms with Gasteiger partial charge in [0.15, 0.2) is 0 Å². The van der Waals surface area contributed by atoms with Gasteiger partial charge in [-0.3, -0.25) is 4.79 Å². The van der Waals surface area contributed by atoms with E-state index in [0.717, 1.165) is 33.2 Å². The van der Waals surface area contributed by atoms with Crippen molar-refractivity contribution in [2.75, 3.05) is 0 Å². The molecule has 0 saturated heterocycles. The third-order valence-electron chi connectivity index (χ3n) is 4.81. The van der Waals surface area contributed by atoms with Gasteiger partial charge in [0.2, 0.25) is 0 Å². The number of carboxylic acid groups (broad SMARTS) is 1. The fourth-order valence-electron chi connectivity index (χ4n) is 3.21. The molecule has 0 amide bonds. The van der Waals surface area contributed by atoms with Crippen molar-refractivity contribution in [2.45, 2.75) is 0 Å². The molecule has 1 heterocycles. The molecule has 4 aromatic rings. The average molecular weight is 355 g/mol. The highest BCUT2D eigenvalue weighted by Crippen LogP contribution is 2.27. The van der Waals surface area contributed by atoms with Crippen molar-refractivity contribution in [2.24, 2.45) is 7.05 Å².